The van der Waals surface area contributed by atoms with Crippen molar-refractivity contribution in [1.29, 1.82) is 0 Å². The maximum absolute atomic E-state index is 11.3. The number of carbonyl (C=O) groups is 1. The minimum atomic E-state index is -0.174. The summed E-state index contributed by atoms with van der Waals surface area (Å²) in [4.78, 5) is 11.3. The van der Waals surface area contributed by atoms with Crippen molar-refractivity contribution in [3.05, 3.63) is 47.7 Å². The fraction of sp³-hybridized carbons (Fsp3) is 0.167. The van der Waals surface area contributed by atoms with Crippen LogP contribution in [-0.4, -0.2) is 15.8 Å². The van der Waals surface area contributed by atoms with E-state index >= 15 is 0 Å². The van der Waals surface area contributed by atoms with Gasteiger partial charge in [0.1, 0.15) is 5.82 Å². The van der Waals surface area contributed by atoms with Crippen molar-refractivity contribution < 1.29 is 4.79 Å². The second-order valence-electron chi connectivity index (χ2n) is 3.97. The summed E-state index contributed by atoms with van der Waals surface area (Å²) in [6, 6.07) is 9.87. The Bertz CT molecular complexity index is 547. The number of urea groups is 1. The van der Waals surface area contributed by atoms with Crippen LogP contribution in [0.25, 0.3) is 0 Å². The SMILES string of the molecule is O=C1NCc2cnn(Cc3ccccc3)c2N1. The summed E-state index contributed by atoms with van der Waals surface area (Å²) in [7, 11) is 0. The van der Waals surface area contributed by atoms with Crippen molar-refractivity contribution in [2.45, 2.75) is 13.1 Å². The molecule has 0 spiro atoms. The number of nitrogens with one attached hydrogen (secondary N) is 2. The lowest BCUT2D eigenvalue weighted by Gasteiger charge is -2.16. The van der Waals surface area contributed by atoms with Crippen molar-refractivity contribution in [1.82, 2.24) is 15.1 Å². The van der Waals surface area contributed by atoms with Crippen LogP contribution in [0, 0.1) is 0 Å². The Morgan fingerprint density at radius 1 is 1.29 bits per heavy atom. The van der Waals surface area contributed by atoms with Gasteiger partial charge in [0.05, 0.1) is 12.7 Å². The molecule has 5 heteroatoms. The molecule has 0 radical (unpaired) electrons. The predicted octanol–water partition coefficient (Wildman–Crippen LogP) is 1.57. The van der Waals surface area contributed by atoms with Crippen LogP contribution in [0.3, 0.4) is 0 Å². The van der Waals surface area contributed by atoms with E-state index in [0.717, 1.165) is 16.9 Å². The number of amides is 2. The van der Waals surface area contributed by atoms with Crippen molar-refractivity contribution in [3.8, 4) is 0 Å². The monoisotopic (exact) mass is 228 g/mol. The average molecular weight is 228 g/mol. The number of rotatable bonds is 2. The molecule has 2 N–H and O–H groups in total. The minimum Gasteiger partial charge on any atom is -0.334 e. The van der Waals surface area contributed by atoms with Gasteiger partial charge in [0.15, 0.2) is 0 Å². The van der Waals surface area contributed by atoms with E-state index in [1.54, 1.807) is 6.20 Å². The molecule has 0 atom stereocenters. The molecule has 3 rings (SSSR count). The number of fused-ring (bicyclic) bond motifs is 1. The molecule has 2 heterocycles. The molecule has 1 aliphatic heterocycles. The van der Waals surface area contributed by atoms with Gasteiger partial charge in [-0.3, -0.25) is 5.32 Å². The van der Waals surface area contributed by atoms with Crippen LogP contribution < -0.4 is 10.6 Å². The van der Waals surface area contributed by atoms with E-state index in [-0.39, 0.29) is 6.03 Å². The summed E-state index contributed by atoms with van der Waals surface area (Å²) in [5, 5.41) is 9.78. The van der Waals surface area contributed by atoms with Crippen LogP contribution in [-0.2, 0) is 13.1 Å². The summed E-state index contributed by atoms with van der Waals surface area (Å²) >= 11 is 0. The second-order valence-corrected chi connectivity index (χ2v) is 3.97. The Balaban J connectivity index is 1.90. The van der Waals surface area contributed by atoms with E-state index in [0.29, 0.717) is 13.1 Å². The lowest BCUT2D eigenvalue weighted by atomic mass is 10.2. The summed E-state index contributed by atoms with van der Waals surface area (Å²) in [6.07, 6.45) is 1.78. The fourth-order valence-corrected chi connectivity index (χ4v) is 1.90. The second kappa shape index (κ2) is 3.93. The quantitative estimate of drug-likeness (QED) is 0.819. The van der Waals surface area contributed by atoms with Gasteiger partial charge in [-0.05, 0) is 5.56 Å². The maximum atomic E-state index is 11.3. The first-order valence-electron chi connectivity index (χ1n) is 5.46. The molecule has 0 bridgehead atoms. The largest absolute Gasteiger partial charge is 0.334 e. The van der Waals surface area contributed by atoms with E-state index in [2.05, 4.69) is 15.7 Å². The molecule has 17 heavy (non-hydrogen) atoms. The number of carbonyl (C=O) groups excluding carboxylic acids is 1. The first kappa shape index (κ1) is 9.89. The molecule has 2 aromatic rings. The lowest BCUT2D eigenvalue weighted by Crippen LogP contribution is -2.34. The minimum absolute atomic E-state index is 0.174. The fourth-order valence-electron chi connectivity index (χ4n) is 1.90. The number of nitrogens with zero attached hydrogens (tertiary/aromatic N) is 2. The van der Waals surface area contributed by atoms with Crippen molar-refractivity contribution in [2.24, 2.45) is 0 Å². The third-order valence-corrected chi connectivity index (χ3v) is 2.76. The van der Waals surface area contributed by atoms with Gasteiger partial charge in [-0.2, -0.15) is 5.10 Å². The molecule has 0 unspecified atom stereocenters. The molecule has 0 aliphatic carbocycles. The van der Waals surface area contributed by atoms with Crippen molar-refractivity contribution >= 4 is 11.8 Å². The van der Waals surface area contributed by atoms with Crippen LogP contribution in [0.5, 0.6) is 0 Å². The molecule has 86 valence electrons. The van der Waals surface area contributed by atoms with E-state index in [1.165, 1.54) is 0 Å². The number of hydrogen-bond donors (Lipinski definition) is 2. The van der Waals surface area contributed by atoms with Crippen molar-refractivity contribution in [2.75, 3.05) is 5.32 Å². The van der Waals surface area contributed by atoms with E-state index < -0.39 is 0 Å². The molecular formula is C12H12N4O. The number of benzene rings is 1. The highest BCUT2D eigenvalue weighted by molar-refractivity contribution is 5.91. The standard InChI is InChI=1S/C12H12N4O/c17-12-13-6-10-7-14-16(11(10)15-12)8-9-4-2-1-3-5-9/h1-5,7H,6,8H2,(H2,13,15,17). The maximum Gasteiger partial charge on any atom is 0.320 e. The van der Waals surface area contributed by atoms with Gasteiger partial charge in [-0.1, -0.05) is 30.3 Å². The normalized spacial score (nSPS) is 13.8. The molecule has 2 amide bonds. The third-order valence-electron chi connectivity index (χ3n) is 2.76. The number of aromatic nitrogens is 2. The first-order chi connectivity index (χ1) is 8.33. The van der Waals surface area contributed by atoms with Gasteiger partial charge in [0, 0.05) is 12.1 Å². The smallest absolute Gasteiger partial charge is 0.320 e. The topological polar surface area (TPSA) is 59.0 Å². The van der Waals surface area contributed by atoms with Crippen LogP contribution in [0.2, 0.25) is 0 Å². The summed E-state index contributed by atoms with van der Waals surface area (Å²) in [5.41, 5.74) is 2.17. The van der Waals surface area contributed by atoms with Gasteiger partial charge in [0.25, 0.3) is 0 Å². The van der Waals surface area contributed by atoms with Gasteiger partial charge >= 0.3 is 6.03 Å². The van der Waals surface area contributed by atoms with E-state index in [9.17, 15) is 4.79 Å². The Morgan fingerprint density at radius 3 is 2.94 bits per heavy atom. The summed E-state index contributed by atoms with van der Waals surface area (Å²) < 4.78 is 1.81. The van der Waals surface area contributed by atoms with Crippen molar-refractivity contribution in [3.63, 3.8) is 0 Å². The molecule has 5 nitrogen and oxygen atoms in total. The first-order valence-corrected chi connectivity index (χ1v) is 5.46. The Kier molecular flexibility index (Phi) is 2.29. The Morgan fingerprint density at radius 2 is 2.12 bits per heavy atom. The molecule has 1 aromatic heterocycles. The molecule has 1 aliphatic rings. The Labute approximate surface area is 98.4 Å². The molecule has 0 fully saturated rings. The summed E-state index contributed by atoms with van der Waals surface area (Å²) in [6.45, 7) is 1.20. The molecular weight excluding hydrogens is 216 g/mol. The Hall–Kier alpha value is -2.30. The van der Waals surface area contributed by atoms with Crippen LogP contribution in [0.15, 0.2) is 36.5 Å². The lowest BCUT2D eigenvalue weighted by molar-refractivity contribution is 0.250. The zero-order chi connectivity index (χ0) is 11.7. The number of anilines is 1. The zero-order valence-corrected chi connectivity index (χ0v) is 9.18. The average Bonchev–Trinajstić information content (AvgIpc) is 2.73. The number of hydrogen-bond acceptors (Lipinski definition) is 2. The van der Waals surface area contributed by atoms with E-state index in [1.807, 2.05) is 35.0 Å². The third kappa shape index (κ3) is 1.87. The molecule has 0 saturated carbocycles. The van der Waals surface area contributed by atoms with Gasteiger partial charge < -0.3 is 5.32 Å². The molecule has 0 saturated heterocycles. The predicted molar refractivity (Wildman–Crippen MR) is 63.6 cm³/mol. The highest BCUT2D eigenvalue weighted by Crippen LogP contribution is 2.19. The van der Waals surface area contributed by atoms with Crippen LogP contribution in [0.1, 0.15) is 11.1 Å². The van der Waals surface area contributed by atoms with Gasteiger partial charge in [-0.25, -0.2) is 9.48 Å². The highest BCUT2D eigenvalue weighted by atomic mass is 16.2. The molecule has 1 aromatic carbocycles. The zero-order valence-electron chi connectivity index (χ0n) is 9.18. The van der Waals surface area contributed by atoms with Gasteiger partial charge in [-0.15, -0.1) is 0 Å². The van der Waals surface area contributed by atoms with Gasteiger partial charge in [0.2, 0.25) is 0 Å². The van der Waals surface area contributed by atoms with E-state index in [4.69, 9.17) is 0 Å². The van der Waals surface area contributed by atoms with Crippen LogP contribution >= 0.6 is 0 Å². The highest BCUT2D eigenvalue weighted by Gasteiger charge is 2.18. The summed E-state index contributed by atoms with van der Waals surface area (Å²) in [5.74, 6) is 0.789. The van der Waals surface area contributed by atoms with Crippen LogP contribution in [0.4, 0.5) is 10.6 Å².